The summed E-state index contributed by atoms with van der Waals surface area (Å²) in [6.07, 6.45) is -1.97. The molecule has 0 heterocycles. The molecule has 0 aliphatic heterocycles. The fraction of sp³-hybridized carbons (Fsp3) is 0.222. The number of carbonyl (C=O) groups is 1. The molecule has 1 N–H and O–H groups in total. The number of carboxylic acid groups (broad SMARTS) is 1. The minimum absolute atomic E-state index is 0.118. The molecule has 0 aromatic heterocycles. The molecule has 1 atom stereocenters. The molecule has 1 unspecified atom stereocenters. The van der Waals surface area contributed by atoms with E-state index in [-0.39, 0.29) is 6.42 Å². The molecule has 0 saturated heterocycles. The number of hydrogen-bond acceptors (Lipinski definition) is 1. The average molecular weight is 326 g/mol. The van der Waals surface area contributed by atoms with E-state index < -0.39 is 12.1 Å². The fourth-order valence-corrected chi connectivity index (χ4v) is 2.41. The van der Waals surface area contributed by atoms with Gasteiger partial charge in [-0.25, -0.2) is 9.18 Å². The van der Waals surface area contributed by atoms with Crippen molar-refractivity contribution in [2.75, 3.05) is 0 Å². The summed E-state index contributed by atoms with van der Waals surface area (Å²) in [5, 5.41) is 8.38. The zero-order valence-electron chi connectivity index (χ0n) is 7.01. The Labute approximate surface area is 97.4 Å². The minimum atomic E-state index is -1.85. The van der Waals surface area contributed by atoms with Gasteiger partial charge in [-0.1, -0.05) is 31.9 Å². The third-order valence-electron chi connectivity index (χ3n) is 1.61. The molecule has 1 aromatic carbocycles. The summed E-state index contributed by atoms with van der Waals surface area (Å²) >= 11 is 6.48. The summed E-state index contributed by atoms with van der Waals surface area (Å²) in [4.78, 5) is 10.3. The summed E-state index contributed by atoms with van der Waals surface area (Å²) in [7, 11) is 0. The largest absolute Gasteiger partial charge is 0.479 e. The molecular weight excluding hydrogens is 319 g/mol. The minimum Gasteiger partial charge on any atom is -0.479 e. The Morgan fingerprint density at radius 1 is 1.36 bits per heavy atom. The maximum absolute atomic E-state index is 12.8. The van der Waals surface area contributed by atoms with Crippen molar-refractivity contribution in [1.29, 1.82) is 0 Å². The molecule has 0 saturated carbocycles. The number of aliphatic carboxylic acids is 1. The van der Waals surface area contributed by atoms with E-state index >= 15 is 0 Å². The number of hydrogen-bond donors (Lipinski definition) is 1. The number of alkyl halides is 1. The molecule has 0 amide bonds. The second-order valence-electron chi connectivity index (χ2n) is 2.79. The van der Waals surface area contributed by atoms with E-state index in [1.54, 1.807) is 18.2 Å². The molecule has 0 spiro atoms. The van der Waals surface area contributed by atoms with Gasteiger partial charge in [0, 0.05) is 15.4 Å². The van der Waals surface area contributed by atoms with E-state index in [1.807, 2.05) is 0 Å². The molecular formula is C9H7Br2FO2. The highest BCUT2D eigenvalue weighted by Crippen LogP contribution is 2.21. The number of benzene rings is 1. The van der Waals surface area contributed by atoms with Gasteiger partial charge in [0.15, 0.2) is 0 Å². The van der Waals surface area contributed by atoms with Gasteiger partial charge in [0.2, 0.25) is 6.17 Å². The topological polar surface area (TPSA) is 37.3 Å². The van der Waals surface area contributed by atoms with Crippen LogP contribution in [0.2, 0.25) is 0 Å². The average Bonchev–Trinajstić information content (AvgIpc) is 2.01. The lowest BCUT2D eigenvalue weighted by molar-refractivity contribution is -0.142. The maximum Gasteiger partial charge on any atom is 0.338 e. The molecule has 0 bridgehead atoms. The summed E-state index contributed by atoms with van der Waals surface area (Å²) in [5.74, 6) is -1.43. The highest BCUT2D eigenvalue weighted by Gasteiger charge is 2.16. The van der Waals surface area contributed by atoms with E-state index in [0.717, 1.165) is 8.95 Å². The van der Waals surface area contributed by atoms with Crippen LogP contribution in [0, 0.1) is 0 Å². The van der Waals surface area contributed by atoms with Crippen LogP contribution in [0.3, 0.4) is 0 Å². The van der Waals surface area contributed by atoms with Crippen molar-refractivity contribution in [3.63, 3.8) is 0 Å². The Bertz CT molecular complexity index is 334. The van der Waals surface area contributed by atoms with Crippen LogP contribution in [-0.4, -0.2) is 17.2 Å². The first-order valence-electron chi connectivity index (χ1n) is 3.81. The zero-order valence-corrected chi connectivity index (χ0v) is 10.2. The third-order valence-corrected chi connectivity index (χ3v) is 2.52. The predicted octanol–water partition coefficient (Wildman–Crippen LogP) is 3.18. The van der Waals surface area contributed by atoms with Crippen LogP contribution < -0.4 is 0 Å². The van der Waals surface area contributed by atoms with Crippen molar-refractivity contribution < 1.29 is 14.3 Å². The van der Waals surface area contributed by atoms with E-state index in [9.17, 15) is 9.18 Å². The molecule has 0 radical (unpaired) electrons. The molecule has 5 heteroatoms. The summed E-state index contributed by atoms with van der Waals surface area (Å²) in [6.45, 7) is 0. The van der Waals surface area contributed by atoms with Gasteiger partial charge in [-0.2, -0.15) is 0 Å². The molecule has 1 aromatic rings. The maximum atomic E-state index is 12.8. The van der Waals surface area contributed by atoms with Gasteiger partial charge >= 0.3 is 5.97 Å². The molecule has 14 heavy (non-hydrogen) atoms. The molecule has 2 nitrogen and oxygen atoms in total. The van der Waals surface area contributed by atoms with Crippen molar-refractivity contribution in [3.05, 3.63) is 32.7 Å². The second kappa shape index (κ2) is 4.89. The Hall–Kier alpha value is -0.420. The Kier molecular flexibility index (Phi) is 4.07. The lowest BCUT2D eigenvalue weighted by atomic mass is 10.1. The predicted molar refractivity (Wildman–Crippen MR) is 58.1 cm³/mol. The van der Waals surface area contributed by atoms with Crippen molar-refractivity contribution in [2.45, 2.75) is 12.6 Å². The van der Waals surface area contributed by atoms with Crippen molar-refractivity contribution in [3.8, 4) is 0 Å². The third kappa shape index (κ3) is 3.38. The second-order valence-corrected chi connectivity index (χ2v) is 4.62. The van der Waals surface area contributed by atoms with Crippen LogP contribution in [-0.2, 0) is 11.2 Å². The van der Waals surface area contributed by atoms with Crippen molar-refractivity contribution in [1.82, 2.24) is 0 Å². The van der Waals surface area contributed by atoms with Gasteiger partial charge in [-0.3, -0.25) is 0 Å². The van der Waals surface area contributed by atoms with Gasteiger partial charge in [-0.05, 0) is 23.8 Å². The Morgan fingerprint density at radius 2 is 1.86 bits per heavy atom. The van der Waals surface area contributed by atoms with E-state index in [2.05, 4.69) is 31.9 Å². The first-order valence-corrected chi connectivity index (χ1v) is 5.39. The van der Waals surface area contributed by atoms with Crippen LogP contribution in [0.4, 0.5) is 4.39 Å². The SMILES string of the molecule is O=C(O)C(F)Cc1cc(Br)cc(Br)c1. The Morgan fingerprint density at radius 3 is 2.29 bits per heavy atom. The standard InChI is InChI=1S/C9H7Br2FO2/c10-6-1-5(2-7(11)4-6)3-8(12)9(13)14/h1-2,4,8H,3H2,(H,13,14). The number of carboxylic acids is 1. The summed E-state index contributed by atoms with van der Waals surface area (Å²) in [6, 6.07) is 5.19. The molecule has 0 fully saturated rings. The smallest absolute Gasteiger partial charge is 0.338 e. The van der Waals surface area contributed by atoms with E-state index in [1.165, 1.54) is 0 Å². The van der Waals surface area contributed by atoms with Crippen LogP contribution in [0.5, 0.6) is 0 Å². The van der Waals surface area contributed by atoms with Gasteiger partial charge < -0.3 is 5.11 Å². The van der Waals surface area contributed by atoms with Crippen molar-refractivity contribution >= 4 is 37.8 Å². The molecule has 76 valence electrons. The van der Waals surface area contributed by atoms with E-state index in [4.69, 9.17) is 5.11 Å². The van der Waals surface area contributed by atoms with Gasteiger partial charge in [-0.15, -0.1) is 0 Å². The molecule has 1 rings (SSSR count). The number of halogens is 3. The van der Waals surface area contributed by atoms with Crippen LogP contribution in [0.25, 0.3) is 0 Å². The first-order chi connectivity index (χ1) is 6.49. The first kappa shape index (κ1) is 11.7. The van der Waals surface area contributed by atoms with E-state index in [0.29, 0.717) is 5.56 Å². The lowest BCUT2D eigenvalue weighted by Gasteiger charge is -2.04. The van der Waals surface area contributed by atoms with Crippen LogP contribution >= 0.6 is 31.9 Å². The van der Waals surface area contributed by atoms with Gasteiger partial charge in [0.1, 0.15) is 0 Å². The highest BCUT2D eigenvalue weighted by molar-refractivity contribution is 9.11. The molecule has 0 aliphatic rings. The lowest BCUT2D eigenvalue weighted by Crippen LogP contribution is -2.17. The van der Waals surface area contributed by atoms with Gasteiger partial charge in [0.25, 0.3) is 0 Å². The fourth-order valence-electron chi connectivity index (χ4n) is 1.02. The number of rotatable bonds is 3. The summed E-state index contributed by atoms with van der Waals surface area (Å²) in [5.41, 5.74) is 0.640. The quantitative estimate of drug-likeness (QED) is 0.926. The zero-order chi connectivity index (χ0) is 10.7. The van der Waals surface area contributed by atoms with Gasteiger partial charge in [0.05, 0.1) is 0 Å². The molecule has 0 aliphatic carbocycles. The van der Waals surface area contributed by atoms with Crippen molar-refractivity contribution in [2.24, 2.45) is 0 Å². The van der Waals surface area contributed by atoms with Crippen LogP contribution in [0.15, 0.2) is 27.1 Å². The Balaban J connectivity index is 2.81. The summed E-state index contributed by atoms with van der Waals surface area (Å²) < 4.78 is 14.4. The monoisotopic (exact) mass is 324 g/mol. The van der Waals surface area contributed by atoms with Crippen LogP contribution in [0.1, 0.15) is 5.56 Å². The highest BCUT2D eigenvalue weighted by atomic mass is 79.9. The normalized spacial score (nSPS) is 12.5.